The fourth-order valence-corrected chi connectivity index (χ4v) is 3.62. The Morgan fingerprint density at radius 1 is 1.15 bits per heavy atom. The molecule has 1 aromatic rings. The zero-order valence-corrected chi connectivity index (χ0v) is 13.2. The molecule has 2 N–H and O–H groups in total. The molecule has 0 radical (unpaired) electrons. The first-order valence-electron chi connectivity index (χ1n) is 7.33. The first-order chi connectivity index (χ1) is 9.79. The van der Waals surface area contributed by atoms with Gasteiger partial charge in [0.15, 0.2) is 11.5 Å². The molecule has 0 amide bonds. The number of benzene rings is 1. The van der Waals surface area contributed by atoms with Crippen LogP contribution in [0.4, 0.5) is 0 Å². The molecule has 20 heavy (non-hydrogen) atoms. The summed E-state index contributed by atoms with van der Waals surface area (Å²) in [6.07, 6.45) is 3.86. The molecule has 3 rings (SSSR count). The molecule has 1 aromatic carbocycles. The van der Waals surface area contributed by atoms with Crippen molar-refractivity contribution >= 4 is 15.9 Å². The van der Waals surface area contributed by atoms with Crippen molar-refractivity contribution in [2.45, 2.75) is 25.3 Å². The summed E-state index contributed by atoms with van der Waals surface area (Å²) in [5, 5.41) is 0. The fraction of sp³-hybridized carbons (Fsp3) is 0.600. The van der Waals surface area contributed by atoms with Gasteiger partial charge in [-0.3, -0.25) is 4.90 Å². The van der Waals surface area contributed by atoms with Crippen molar-refractivity contribution in [2.24, 2.45) is 5.73 Å². The van der Waals surface area contributed by atoms with Crippen LogP contribution in [0.3, 0.4) is 0 Å². The zero-order chi connectivity index (χ0) is 13.9. The number of ether oxygens (including phenoxy) is 2. The molecule has 110 valence electrons. The average molecular weight is 341 g/mol. The molecule has 1 fully saturated rings. The number of halogens is 1. The predicted octanol–water partition coefficient (Wildman–Crippen LogP) is 2.71. The quantitative estimate of drug-likeness (QED) is 0.918. The Morgan fingerprint density at radius 3 is 2.65 bits per heavy atom. The molecule has 0 aromatic heterocycles. The molecular weight excluding hydrogens is 320 g/mol. The number of nitrogens with two attached hydrogens (primary N) is 1. The lowest BCUT2D eigenvalue weighted by Crippen LogP contribution is -2.37. The van der Waals surface area contributed by atoms with Gasteiger partial charge in [-0.05, 0) is 59.6 Å². The van der Waals surface area contributed by atoms with Crippen molar-refractivity contribution in [3.8, 4) is 11.5 Å². The topological polar surface area (TPSA) is 47.7 Å². The summed E-state index contributed by atoms with van der Waals surface area (Å²) in [5.41, 5.74) is 7.25. The van der Waals surface area contributed by atoms with Crippen molar-refractivity contribution in [2.75, 3.05) is 32.8 Å². The summed E-state index contributed by atoms with van der Waals surface area (Å²) in [6.45, 7) is 4.12. The monoisotopic (exact) mass is 340 g/mol. The Hall–Kier alpha value is -0.780. The Morgan fingerprint density at radius 2 is 1.90 bits per heavy atom. The molecule has 0 bridgehead atoms. The lowest BCUT2D eigenvalue weighted by Gasteiger charge is -2.34. The van der Waals surface area contributed by atoms with Crippen molar-refractivity contribution in [3.05, 3.63) is 22.2 Å². The highest BCUT2D eigenvalue weighted by molar-refractivity contribution is 9.10. The van der Waals surface area contributed by atoms with Crippen molar-refractivity contribution in [1.82, 2.24) is 4.90 Å². The van der Waals surface area contributed by atoms with E-state index in [0.717, 1.165) is 29.1 Å². The van der Waals surface area contributed by atoms with Crippen molar-refractivity contribution in [3.63, 3.8) is 0 Å². The van der Waals surface area contributed by atoms with E-state index in [0.29, 0.717) is 19.8 Å². The number of piperidine rings is 1. The predicted molar refractivity (Wildman–Crippen MR) is 82.4 cm³/mol. The van der Waals surface area contributed by atoms with E-state index in [1.807, 2.05) is 0 Å². The zero-order valence-electron chi connectivity index (χ0n) is 11.6. The van der Waals surface area contributed by atoms with E-state index in [1.54, 1.807) is 0 Å². The smallest absolute Gasteiger partial charge is 0.175 e. The number of hydrogen-bond acceptors (Lipinski definition) is 4. The Bertz CT molecular complexity index is 475. The summed E-state index contributed by atoms with van der Waals surface area (Å²) < 4.78 is 12.3. The molecule has 5 heteroatoms. The number of fused-ring (bicyclic) bond motifs is 1. The average Bonchev–Trinajstić information content (AvgIpc) is 2.49. The third kappa shape index (κ3) is 2.80. The first-order valence-corrected chi connectivity index (χ1v) is 8.12. The summed E-state index contributed by atoms with van der Waals surface area (Å²) in [6, 6.07) is 4.48. The van der Waals surface area contributed by atoms with E-state index in [2.05, 4.69) is 33.0 Å². The largest absolute Gasteiger partial charge is 0.486 e. The lowest BCUT2D eigenvalue weighted by atomic mass is 10.0. The second-order valence-corrected chi connectivity index (χ2v) is 6.23. The lowest BCUT2D eigenvalue weighted by molar-refractivity contribution is 0.161. The maximum absolute atomic E-state index is 6.03. The molecule has 2 heterocycles. The molecule has 2 aliphatic heterocycles. The molecule has 0 saturated carbocycles. The molecule has 1 saturated heterocycles. The maximum Gasteiger partial charge on any atom is 0.175 e. The second kappa shape index (κ2) is 6.33. The molecule has 1 atom stereocenters. The normalized spacial score (nSPS) is 20.7. The van der Waals surface area contributed by atoms with Crippen LogP contribution in [-0.4, -0.2) is 37.7 Å². The van der Waals surface area contributed by atoms with Crippen molar-refractivity contribution < 1.29 is 9.47 Å². The summed E-state index contributed by atoms with van der Waals surface area (Å²) in [7, 11) is 0. The van der Waals surface area contributed by atoms with E-state index in [1.165, 1.54) is 24.8 Å². The van der Waals surface area contributed by atoms with Crippen LogP contribution in [0.5, 0.6) is 11.5 Å². The van der Waals surface area contributed by atoms with Crippen molar-refractivity contribution in [1.29, 1.82) is 0 Å². The van der Waals surface area contributed by atoms with Gasteiger partial charge in [-0.15, -0.1) is 0 Å². The van der Waals surface area contributed by atoms with Gasteiger partial charge in [-0.2, -0.15) is 0 Å². The van der Waals surface area contributed by atoms with Gasteiger partial charge in [0.2, 0.25) is 0 Å². The Kier molecular flexibility index (Phi) is 4.48. The fourth-order valence-electron chi connectivity index (χ4n) is 3.05. The van der Waals surface area contributed by atoms with Gasteiger partial charge in [0, 0.05) is 12.6 Å². The van der Waals surface area contributed by atoms with E-state index in [-0.39, 0.29) is 6.04 Å². The minimum absolute atomic E-state index is 0.266. The van der Waals surface area contributed by atoms with Crippen LogP contribution in [0, 0.1) is 0 Å². The van der Waals surface area contributed by atoms with Crippen LogP contribution in [0.2, 0.25) is 0 Å². The molecule has 4 nitrogen and oxygen atoms in total. The Labute approximate surface area is 128 Å². The Balaban J connectivity index is 1.89. The highest BCUT2D eigenvalue weighted by atomic mass is 79.9. The summed E-state index contributed by atoms with van der Waals surface area (Å²) in [4.78, 5) is 2.49. The standard InChI is InChI=1S/C15H21BrN2O2/c16-12-8-11(9-14-15(12)20-7-6-19-14)13(10-17)18-4-2-1-3-5-18/h8-9,13H,1-7,10,17H2. The van der Waals surface area contributed by atoms with Crippen LogP contribution in [-0.2, 0) is 0 Å². The third-order valence-electron chi connectivity index (χ3n) is 4.06. The van der Waals surface area contributed by atoms with Crippen LogP contribution < -0.4 is 15.2 Å². The number of rotatable bonds is 3. The van der Waals surface area contributed by atoms with Crippen LogP contribution in [0.1, 0.15) is 30.9 Å². The van der Waals surface area contributed by atoms with Gasteiger partial charge < -0.3 is 15.2 Å². The highest BCUT2D eigenvalue weighted by Crippen LogP contribution is 2.40. The third-order valence-corrected chi connectivity index (χ3v) is 4.65. The van der Waals surface area contributed by atoms with Crippen LogP contribution >= 0.6 is 15.9 Å². The van der Waals surface area contributed by atoms with E-state index in [9.17, 15) is 0 Å². The number of hydrogen-bond donors (Lipinski definition) is 1. The van der Waals surface area contributed by atoms with Gasteiger partial charge in [-0.1, -0.05) is 6.42 Å². The highest BCUT2D eigenvalue weighted by Gasteiger charge is 2.24. The maximum atomic E-state index is 6.03. The van der Waals surface area contributed by atoms with Gasteiger partial charge >= 0.3 is 0 Å². The minimum Gasteiger partial charge on any atom is -0.486 e. The summed E-state index contributed by atoms with van der Waals surface area (Å²) >= 11 is 3.59. The van der Waals surface area contributed by atoms with Crippen LogP contribution in [0.15, 0.2) is 16.6 Å². The molecule has 0 spiro atoms. The molecule has 2 aliphatic rings. The summed E-state index contributed by atoms with van der Waals surface area (Å²) in [5.74, 6) is 1.64. The molecule has 0 aliphatic carbocycles. The molecular formula is C15H21BrN2O2. The van der Waals surface area contributed by atoms with Gasteiger partial charge in [0.1, 0.15) is 13.2 Å². The van der Waals surface area contributed by atoms with Crippen LogP contribution in [0.25, 0.3) is 0 Å². The van der Waals surface area contributed by atoms with E-state index < -0.39 is 0 Å². The number of nitrogens with zero attached hydrogens (tertiary/aromatic N) is 1. The van der Waals surface area contributed by atoms with Gasteiger partial charge in [-0.25, -0.2) is 0 Å². The first kappa shape index (κ1) is 14.2. The second-order valence-electron chi connectivity index (χ2n) is 5.38. The number of likely N-dealkylation sites (tertiary alicyclic amines) is 1. The SMILES string of the molecule is NCC(c1cc(Br)c2c(c1)OCCO2)N1CCCCC1. The van der Waals surface area contributed by atoms with Gasteiger partial charge in [0.05, 0.1) is 4.47 Å². The minimum atomic E-state index is 0.266. The van der Waals surface area contributed by atoms with E-state index in [4.69, 9.17) is 15.2 Å². The van der Waals surface area contributed by atoms with E-state index >= 15 is 0 Å². The molecule has 1 unspecified atom stereocenters. The van der Waals surface area contributed by atoms with Gasteiger partial charge in [0.25, 0.3) is 0 Å².